The Hall–Kier alpha value is -2.09. The summed E-state index contributed by atoms with van der Waals surface area (Å²) in [6.45, 7) is 0.200. The van der Waals surface area contributed by atoms with Gasteiger partial charge in [0.05, 0.1) is 5.56 Å². The number of ether oxygens (including phenoxy) is 1. The molecule has 0 amide bonds. The number of rotatable bonds is 4. The van der Waals surface area contributed by atoms with Crippen LogP contribution in [0.2, 0.25) is 5.02 Å². The normalized spacial score (nSPS) is 11.7. The molecule has 2 aromatic rings. The van der Waals surface area contributed by atoms with E-state index in [2.05, 4.69) is 0 Å². The Morgan fingerprint density at radius 3 is 2.65 bits per heavy atom. The van der Waals surface area contributed by atoms with Crippen LogP contribution in [0.25, 0.3) is 0 Å². The fraction of sp³-hybridized carbons (Fsp3) is 0.133. The van der Waals surface area contributed by atoms with Crippen LogP contribution in [-0.4, -0.2) is 6.54 Å². The van der Waals surface area contributed by atoms with Crippen LogP contribution in [0.5, 0.6) is 5.75 Å². The van der Waals surface area contributed by atoms with E-state index in [0.29, 0.717) is 10.8 Å². The maximum absolute atomic E-state index is 13.5. The molecule has 0 saturated carbocycles. The summed E-state index contributed by atoms with van der Waals surface area (Å²) in [5.41, 5.74) is 6.40. The lowest BCUT2D eigenvalue weighted by Gasteiger charge is -2.19. The number of benzene rings is 2. The van der Waals surface area contributed by atoms with Crippen molar-refractivity contribution in [2.75, 3.05) is 6.54 Å². The molecular formula is C15H12ClFN2O. The minimum absolute atomic E-state index is 0.0283. The maximum atomic E-state index is 13.5. The molecule has 1 atom stereocenters. The smallest absolute Gasteiger partial charge is 0.144 e. The van der Waals surface area contributed by atoms with Crippen LogP contribution in [0, 0.1) is 17.1 Å². The van der Waals surface area contributed by atoms with Crippen molar-refractivity contribution in [2.24, 2.45) is 5.73 Å². The Kier molecular flexibility index (Phi) is 4.57. The van der Waals surface area contributed by atoms with E-state index in [0.717, 1.165) is 11.6 Å². The quantitative estimate of drug-likeness (QED) is 0.938. The number of halogens is 2. The molecule has 0 fully saturated rings. The maximum Gasteiger partial charge on any atom is 0.144 e. The zero-order chi connectivity index (χ0) is 14.5. The van der Waals surface area contributed by atoms with Crippen molar-refractivity contribution in [3.63, 3.8) is 0 Å². The first kappa shape index (κ1) is 14.3. The van der Waals surface area contributed by atoms with Crippen molar-refractivity contribution in [3.8, 4) is 11.8 Å². The molecule has 0 aliphatic heterocycles. The molecule has 0 heterocycles. The van der Waals surface area contributed by atoms with Crippen LogP contribution in [0.1, 0.15) is 17.2 Å². The van der Waals surface area contributed by atoms with E-state index >= 15 is 0 Å². The van der Waals surface area contributed by atoms with E-state index < -0.39 is 11.9 Å². The molecule has 2 rings (SSSR count). The summed E-state index contributed by atoms with van der Waals surface area (Å²) in [4.78, 5) is 0. The van der Waals surface area contributed by atoms with Crippen molar-refractivity contribution < 1.29 is 9.13 Å². The van der Waals surface area contributed by atoms with Gasteiger partial charge in [0.15, 0.2) is 0 Å². The third-order valence-corrected chi connectivity index (χ3v) is 3.15. The van der Waals surface area contributed by atoms with Gasteiger partial charge in [-0.05, 0) is 18.2 Å². The first-order valence-electron chi connectivity index (χ1n) is 5.96. The number of hydrogen-bond donors (Lipinski definition) is 1. The van der Waals surface area contributed by atoms with Gasteiger partial charge in [-0.2, -0.15) is 5.26 Å². The molecule has 0 spiro atoms. The Labute approximate surface area is 121 Å². The predicted molar refractivity (Wildman–Crippen MR) is 75.0 cm³/mol. The summed E-state index contributed by atoms with van der Waals surface area (Å²) < 4.78 is 19.2. The van der Waals surface area contributed by atoms with Crippen molar-refractivity contribution >= 4 is 11.6 Å². The summed E-state index contributed by atoms with van der Waals surface area (Å²) >= 11 is 6.09. The van der Waals surface area contributed by atoms with E-state index in [1.165, 1.54) is 12.1 Å². The van der Waals surface area contributed by atoms with Gasteiger partial charge in [-0.15, -0.1) is 0 Å². The molecule has 0 aliphatic carbocycles. The number of nitriles is 1. The molecule has 20 heavy (non-hydrogen) atoms. The summed E-state index contributed by atoms with van der Waals surface area (Å²) in [7, 11) is 0. The molecule has 0 bridgehead atoms. The topological polar surface area (TPSA) is 59.0 Å². The standard InChI is InChI=1S/C15H12ClFN2O/c16-13-4-2-1-3-12(13)15(9-19)20-11-6-5-10(8-18)14(17)7-11/h1-7,15H,9,19H2. The lowest BCUT2D eigenvalue weighted by molar-refractivity contribution is 0.213. The zero-order valence-corrected chi connectivity index (χ0v) is 11.3. The largest absolute Gasteiger partial charge is 0.484 e. The second-order valence-electron chi connectivity index (χ2n) is 4.12. The van der Waals surface area contributed by atoms with Gasteiger partial charge in [-0.25, -0.2) is 4.39 Å². The van der Waals surface area contributed by atoms with Crippen LogP contribution in [0.3, 0.4) is 0 Å². The van der Waals surface area contributed by atoms with Crippen molar-refractivity contribution in [2.45, 2.75) is 6.10 Å². The van der Waals surface area contributed by atoms with Gasteiger partial charge >= 0.3 is 0 Å². The van der Waals surface area contributed by atoms with Gasteiger partial charge < -0.3 is 10.5 Å². The second-order valence-corrected chi connectivity index (χ2v) is 4.52. The van der Waals surface area contributed by atoms with Crippen LogP contribution in [0.15, 0.2) is 42.5 Å². The fourth-order valence-electron chi connectivity index (χ4n) is 1.80. The van der Waals surface area contributed by atoms with Crippen LogP contribution >= 0.6 is 11.6 Å². The van der Waals surface area contributed by atoms with E-state index in [9.17, 15) is 4.39 Å². The molecule has 2 aromatic carbocycles. The van der Waals surface area contributed by atoms with Crippen LogP contribution in [-0.2, 0) is 0 Å². The van der Waals surface area contributed by atoms with Crippen LogP contribution < -0.4 is 10.5 Å². The monoisotopic (exact) mass is 290 g/mol. The minimum Gasteiger partial charge on any atom is -0.484 e. The minimum atomic E-state index is -0.625. The fourth-order valence-corrected chi connectivity index (χ4v) is 2.06. The molecule has 0 aliphatic rings. The van der Waals surface area contributed by atoms with Gasteiger partial charge in [0.1, 0.15) is 23.7 Å². The Balaban J connectivity index is 2.25. The Morgan fingerprint density at radius 2 is 2.05 bits per heavy atom. The lowest BCUT2D eigenvalue weighted by Crippen LogP contribution is -2.18. The highest BCUT2D eigenvalue weighted by Crippen LogP contribution is 2.27. The average Bonchev–Trinajstić information content (AvgIpc) is 2.46. The summed E-state index contributed by atoms with van der Waals surface area (Å²) in [6, 6.07) is 13.0. The Morgan fingerprint density at radius 1 is 1.30 bits per heavy atom. The predicted octanol–water partition coefficient (Wildman–Crippen LogP) is 3.43. The lowest BCUT2D eigenvalue weighted by atomic mass is 10.1. The summed E-state index contributed by atoms with van der Waals surface area (Å²) in [6.07, 6.45) is -0.476. The first-order chi connectivity index (χ1) is 9.65. The van der Waals surface area contributed by atoms with E-state index in [1.807, 2.05) is 6.07 Å². The highest BCUT2D eigenvalue weighted by molar-refractivity contribution is 6.31. The SMILES string of the molecule is N#Cc1ccc(OC(CN)c2ccccc2Cl)cc1F. The molecule has 102 valence electrons. The molecule has 2 N–H and O–H groups in total. The average molecular weight is 291 g/mol. The van der Waals surface area contributed by atoms with Gasteiger partial charge in [-0.3, -0.25) is 0 Å². The third kappa shape index (κ3) is 3.08. The Bertz CT molecular complexity index is 655. The van der Waals surface area contributed by atoms with Gasteiger partial charge in [-0.1, -0.05) is 29.8 Å². The van der Waals surface area contributed by atoms with E-state index in [1.54, 1.807) is 24.3 Å². The molecule has 5 heteroatoms. The number of nitrogens with two attached hydrogens (primary N) is 1. The first-order valence-corrected chi connectivity index (χ1v) is 6.34. The molecular weight excluding hydrogens is 279 g/mol. The van der Waals surface area contributed by atoms with E-state index in [-0.39, 0.29) is 12.1 Å². The van der Waals surface area contributed by atoms with Gasteiger partial charge in [0.25, 0.3) is 0 Å². The number of hydrogen-bond acceptors (Lipinski definition) is 3. The van der Waals surface area contributed by atoms with Crippen molar-refractivity contribution in [1.29, 1.82) is 5.26 Å². The summed E-state index contributed by atoms with van der Waals surface area (Å²) in [5, 5.41) is 9.22. The molecule has 3 nitrogen and oxygen atoms in total. The van der Waals surface area contributed by atoms with Crippen molar-refractivity contribution in [3.05, 3.63) is 64.4 Å². The van der Waals surface area contributed by atoms with Gasteiger partial charge in [0, 0.05) is 23.2 Å². The van der Waals surface area contributed by atoms with Crippen molar-refractivity contribution in [1.82, 2.24) is 0 Å². The third-order valence-electron chi connectivity index (χ3n) is 2.81. The van der Waals surface area contributed by atoms with E-state index in [4.69, 9.17) is 27.3 Å². The highest BCUT2D eigenvalue weighted by Gasteiger charge is 2.15. The highest BCUT2D eigenvalue weighted by atomic mass is 35.5. The zero-order valence-electron chi connectivity index (χ0n) is 10.5. The van der Waals surface area contributed by atoms with Crippen LogP contribution in [0.4, 0.5) is 4.39 Å². The molecule has 1 unspecified atom stereocenters. The second kappa shape index (κ2) is 6.38. The molecule has 0 aromatic heterocycles. The molecule has 0 saturated heterocycles. The van der Waals surface area contributed by atoms with Gasteiger partial charge in [0.2, 0.25) is 0 Å². The number of nitrogens with zero attached hydrogens (tertiary/aromatic N) is 1. The molecule has 0 radical (unpaired) electrons. The summed E-state index contributed by atoms with van der Waals surface area (Å²) in [5.74, 6) is -0.322.